The second-order valence-corrected chi connectivity index (χ2v) is 10.6. The molecule has 0 spiro atoms. The molecule has 190 valence electrons. The summed E-state index contributed by atoms with van der Waals surface area (Å²) in [5.41, 5.74) is 4.34. The highest BCUT2D eigenvalue weighted by molar-refractivity contribution is 5.93. The summed E-state index contributed by atoms with van der Waals surface area (Å²) in [6.45, 7) is 14.2. The normalized spacial score (nSPS) is 13.6. The highest BCUT2D eigenvalue weighted by Gasteiger charge is 2.42. The first kappa shape index (κ1) is 28.9. The Morgan fingerprint density at radius 1 is 0.971 bits per heavy atom. The van der Waals surface area contributed by atoms with Gasteiger partial charge >= 0.3 is 6.09 Å². The van der Waals surface area contributed by atoms with Crippen molar-refractivity contribution in [3.05, 3.63) is 35.9 Å². The number of ether oxygens (including phenoxy) is 1. The molecule has 0 aliphatic carbocycles. The van der Waals surface area contributed by atoms with Crippen molar-refractivity contribution in [2.24, 2.45) is 5.73 Å². The molecule has 1 aromatic rings. The molecule has 4 amide bonds. The van der Waals surface area contributed by atoms with E-state index in [1.165, 1.54) is 4.90 Å². The Balaban J connectivity index is 3.49. The molecule has 2 atom stereocenters. The lowest BCUT2D eigenvalue weighted by Gasteiger charge is -2.43. The molecule has 0 saturated heterocycles. The maximum absolute atomic E-state index is 13.9. The number of hydrogen-bond acceptors (Lipinski definition) is 5. The number of hydrogen-bond donors (Lipinski definition) is 3. The Hall–Kier alpha value is -3.10. The average Bonchev–Trinajstić information content (AvgIpc) is 2.66. The topological polar surface area (TPSA) is 131 Å². The minimum Gasteiger partial charge on any atom is -0.444 e. The van der Waals surface area contributed by atoms with E-state index in [4.69, 9.17) is 10.5 Å². The van der Waals surface area contributed by atoms with Gasteiger partial charge in [0, 0.05) is 18.0 Å². The van der Waals surface area contributed by atoms with Crippen LogP contribution in [0.4, 0.5) is 4.79 Å². The van der Waals surface area contributed by atoms with Crippen LogP contribution in [0, 0.1) is 0 Å². The summed E-state index contributed by atoms with van der Waals surface area (Å²) in [7, 11) is 0. The number of carbonyl (C=O) groups is 4. The molecule has 0 aliphatic heterocycles. The van der Waals surface area contributed by atoms with Gasteiger partial charge in [0.2, 0.25) is 17.7 Å². The van der Waals surface area contributed by atoms with Gasteiger partial charge in [-0.1, -0.05) is 30.3 Å². The summed E-state index contributed by atoms with van der Waals surface area (Å²) in [5.74, 6) is -1.48. The third kappa shape index (κ3) is 9.41. The summed E-state index contributed by atoms with van der Waals surface area (Å²) >= 11 is 0. The van der Waals surface area contributed by atoms with E-state index in [1.54, 1.807) is 45.0 Å². The number of nitrogens with zero attached hydrogens (tertiary/aromatic N) is 1. The van der Waals surface area contributed by atoms with Gasteiger partial charge in [0.1, 0.15) is 17.7 Å². The summed E-state index contributed by atoms with van der Waals surface area (Å²) in [6.07, 6.45) is -0.960. The Morgan fingerprint density at radius 2 is 1.53 bits per heavy atom. The molecule has 34 heavy (non-hydrogen) atoms. The third-order valence-electron chi connectivity index (χ3n) is 4.68. The van der Waals surface area contributed by atoms with Gasteiger partial charge in [0.15, 0.2) is 0 Å². The van der Waals surface area contributed by atoms with Crippen molar-refractivity contribution in [2.75, 3.05) is 0 Å². The van der Waals surface area contributed by atoms with E-state index in [0.717, 1.165) is 0 Å². The van der Waals surface area contributed by atoms with Gasteiger partial charge in [-0.3, -0.25) is 14.4 Å². The number of nitrogens with two attached hydrogens (primary N) is 1. The Bertz CT molecular complexity index is 856. The lowest BCUT2D eigenvalue weighted by atomic mass is 9.94. The van der Waals surface area contributed by atoms with Crippen LogP contribution in [0.3, 0.4) is 0 Å². The van der Waals surface area contributed by atoms with E-state index >= 15 is 0 Å². The summed E-state index contributed by atoms with van der Waals surface area (Å²) in [5, 5.41) is 5.47. The number of benzene rings is 1. The van der Waals surface area contributed by atoms with E-state index in [-0.39, 0.29) is 24.8 Å². The Morgan fingerprint density at radius 3 is 1.97 bits per heavy atom. The first-order chi connectivity index (χ1) is 15.5. The lowest BCUT2D eigenvalue weighted by Crippen LogP contribution is -2.59. The van der Waals surface area contributed by atoms with Gasteiger partial charge in [-0.2, -0.15) is 0 Å². The van der Waals surface area contributed by atoms with Gasteiger partial charge in [-0.05, 0) is 67.4 Å². The average molecular weight is 477 g/mol. The van der Waals surface area contributed by atoms with E-state index in [9.17, 15) is 19.2 Å². The molecule has 4 N–H and O–H groups in total. The molecule has 2 unspecified atom stereocenters. The smallest absolute Gasteiger partial charge is 0.408 e. The number of carbonyl (C=O) groups excluding carboxylic acids is 4. The van der Waals surface area contributed by atoms with Crippen LogP contribution in [-0.4, -0.2) is 51.9 Å². The quantitative estimate of drug-likeness (QED) is 0.504. The maximum Gasteiger partial charge on any atom is 0.408 e. The molecule has 0 radical (unpaired) electrons. The second-order valence-electron chi connectivity index (χ2n) is 10.6. The minimum atomic E-state index is -1.13. The fourth-order valence-corrected chi connectivity index (χ4v) is 3.42. The van der Waals surface area contributed by atoms with Crippen molar-refractivity contribution >= 4 is 23.8 Å². The molecular formula is C25H40N4O5. The molecule has 0 aromatic heterocycles. The van der Waals surface area contributed by atoms with Crippen LogP contribution >= 0.6 is 0 Å². The Kier molecular flexibility index (Phi) is 10.1. The van der Waals surface area contributed by atoms with Crippen molar-refractivity contribution in [1.29, 1.82) is 0 Å². The molecule has 1 rings (SSSR count). The number of nitrogens with one attached hydrogen (secondary N) is 2. The molecular weight excluding hydrogens is 436 g/mol. The van der Waals surface area contributed by atoms with Gasteiger partial charge in [-0.25, -0.2) is 4.79 Å². The first-order valence-corrected chi connectivity index (χ1v) is 11.5. The molecule has 9 nitrogen and oxygen atoms in total. The van der Waals surface area contributed by atoms with Crippen molar-refractivity contribution in [1.82, 2.24) is 15.5 Å². The molecule has 0 fully saturated rings. The van der Waals surface area contributed by atoms with Gasteiger partial charge in [0.05, 0.1) is 0 Å². The molecule has 9 heteroatoms. The van der Waals surface area contributed by atoms with Crippen LogP contribution in [0.1, 0.15) is 79.8 Å². The number of alkyl carbamates (subject to hydrolysis) is 1. The van der Waals surface area contributed by atoms with E-state index in [0.29, 0.717) is 5.56 Å². The van der Waals surface area contributed by atoms with Crippen molar-refractivity contribution in [2.45, 2.75) is 97.5 Å². The zero-order chi connectivity index (χ0) is 26.3. The molecule has 0 aliphatic rings. The Labute approximate surface area is 202 Å². The standard InChI is InChI=1S/C25H40N4O5/c1-16(2)27-21(31)20(17-12-10-9-11-13-17)29(24(3,4)5)22(32)18(14-15-19(26)30)28-23(33)34-25(6,7)8/h9-13,16,18,20H,14-15H2,1-8H3,(H2,26,30)(H,27,31)(H,28,33). The van der Waals surface area contributed by atoms with Crippen molar-refractivity contribution < 1.29 is 23.9 Å². The summed E-state index contributed by atoms with van der Waals surface area (Å²) in [6, 6.07) is 6.71. The van der Waals surface area contributed by atoms with Crippen LogP contribution in [0.25, 0.3) is 0 Å². The monoisotopic (exact) mass is 476 g/mol. The zero-order valence-corrected chi connectivity index (χ0v) is 21.6. The second kappa shape index (κ2) is 11.9. The predicted octanol–water partition coefficient (Wildman–Crippen LogP) is 3.04. The highest BCUT2D eigenvalue weighted by atomic mass is 16.6. The first-order valence-electron chi connectivity index (χ1n) is 11.5. The fraction of sp³-hybridized carbons (Fsp3) is 0.600. The van der Waals surface area contributed by atoms with Crippen LogP contribution in [0.2, 0.25) is 0 Å². The van der Waals surface area contributed by atoms with Crippen LogP contribution < -0.4 is 16.4 Å². The van der Waals surface area contributed by atoms with E-state index in [1.807, 2.05) is 40.7 Å². The molecule has 0 heterocycles. The predicted molar refractivity (Wildman–Crippen MR) is 131 cm³/mol. The highest BCUT2D eigenvalue weighted by Crippen LogP contribution is 2.30. The maximum atomic E-state index is 13.9. The van der Waals surface area contributed by atoms with Gasteiger partial charge in [-0.15, -0.1) is 0 Å². The molecule has 0 saturated carbocycles. The molecule has 1 aromatic carbocycles. The zero-order valence-electron chi connectivity index (χ0n) is 21.6. The number of amides is 4. The van der Waals surface area contributed by atoms with Crippen LogP contribution in [0.5, 0.6) is 0 Å². The number of rotatable bonds is 9. The van der Waals surface area contributed by atoms with Gasteiger partial charge in [0.25, 0.3) is 0 Å². The molecule has 0 bridgehead atoms. The minimum absolute atomic E-state index is 0.0344. The van der Waals surface area contributed by atoms with Crippen LogP contribution in [0.15, 0.2) is 30.3 Å². The van der Waals surface area contributed by atoms with E-state index in [2.05, 4.69) is 10.6 Å². The van der Waals surface area contributed by atoms with Crippen LogP contribution in [-0.2, 0) is 19.1 Å². The number of primary amides is 1. The largest absolute Gasteiger partial charge is 0.444 e. The van der Waals surface area contributed by atoms with Crippen molar-refractivity contribution in [3.8, 4) is 0 Å². The fourth-order valence-electron chi connectivity index (χ4n) is 3.42. The van der Waals surface area contributed by atoms with Crippen molar-refractivity contribution in [3.63, 3.8) is 0 Å². The lowest BCUT2D eigenvalue weighted by molar-refractivity contribution is -0.148. The third-order valence-corrected chi connectivity index (χ3v) is 4.68. The van der Waals surface area contributed by atoms with E-state index < -0.39 is 41.1 Å². The SMILES string of the molecule is CC(C)NC(=O)C(c1ccccc1)N(C(=O)C(CCC(N)=O)NC(=O)OC(C)(C)C)C(C)(C)C. The summed E-state index contributed by atoms with van der Waals surface area (Å²) < 4.78 is 5.32. The summed E-state index contributed by atoms with van der Waals surface area (Å²) in [4.78, 5) is 52.7. The van der Waals surface area contributed by atoms with Gasteiger partial charge < -0.3 is 26.0 Å².